The minimum absolute atomic E-state index is 0.0472. The Labute approximate surface area is 209 Å². The Hall–Kier alpha value is -3.74. The second-order valence-electron chi connectivity index (χ2n) is 7.31. The number of nitrogens with one attached hydrogen (secondary N) is 2. The molecule has 13 heteroatoms. The largest absolute Gasteiger partial charge is 0.493 e. The molecule has 36 heavy (non-hydrogen) atoms. The van der Waals surface area contributed by atoms with Gasteiger partial charge in [-0.1, -0.05) is 17.8 Å². The molecule has 0 fully saturated rings. The quantitative estimate of drug-likeness (QED) is 0.387. The lowest BCUT2D eigenvalue weighted by molar-refractivity contribution is -0.137. The fourth-order valence-corrected chi connectivity index (χ4v) is 4.03. The van der Waals surface area contributed by atoms with E-state index in [1.165, 1.54) is 26.4 Å². The molecule has 2 N–H and O–H groups in total. The summed E-state index contributed by atoms with van der Waals surface area (Å²) in [7, 11) is 2.97. The van der Waals surface area contributed by atoms with E-state index in [4.69, 9.17) is 9.47 Å². The molecule has 0 spiro atoms. The van der Waals surface area contributed by atoms with Crippen LogP contribution in [0.25, 0.3) is 0 Å². The maximum Gasteiger partial charge on any atom is 0.416 e. The van der Waals surface area contributed by atoms with Gasteiger partial charge in [0.15, 0.2) is 22.5 Å². The van der Waals surface area contributed by atoms with Gasteiger partial charge in [0.05, 0.1) is 32.1 Å². The first-order valence-electron chi connectivity index (χ1n) is 10.7. The van der Waals surface area contributed by atoms with Crippen LogP contribution in [0.5, 0.6) is 11.5 Å². The van der Waals surface area contributed by atoms with Gasteiger partial charge < -0.3 is 24.7 Å². The third-order valence-electron chi connectivity index (χ3n) is 4.97. The molecule has 3 rings (SSSR count). The van der Waals surface area contributed by atoms with Crippen LogP contribution in [0, 0.1) is 0 Å². The van der Waals surface area contributed by atoms with Gasteiger partial charge in [-0.05, 0) is 43.3 Å². The molecule has 3 aromatic rings. The molecule has 0 aliphatic carbocycles. The van der Waals surface area contributed by atoms with Crippen molar-refractivity contribution in [1.82, 2.24) is 20.1 Å². The SMILES string of the molecule is CCn1c(CNC(=O)c2ccc(OC)c(OC)c2)nnc1SCC(=O)Nc1cccc(C(F)(F)F)c1. The van der Waals surface area contributed by atoms with Crippen molar-refractivity contribution in [2.75, 3.05) is 25.3 Å². The smallest absolute Gasteiger partial charge is 0.416 e. The molecule has 1 aromatic heterocycles. The molecule has 0 aliphatic rings. The van der Waals surface area contributed by atoms with E-state index in [1.807, 2.05) is 6.92 Å². The molecule has 0 saturated carbocycles. The highest BCUT2D eigenvalue weighted by Crippen LogP contribution is 2.31. The number of ether oxygens (including phenoxy) is 2. The number of amides is 2. The number of hydrogen-bond acceptors (Lipinski definition) is 7. The van der Waals surface area contributed by atoms with Crippen molar-refractivity contribution in [2.24, 2.45) is 0 Å². The van der Waals surface area contributed by atoms with Gasteiger partial charge in [0.25, 0.3) is 5.91 Å². The number of anilines is 1. The van der Waals surface area contributed by atoms with Crippen molar-refractivity contribution in [1.29, 1.82) is 0 Å². The van der Waals surface area contributed by atoms with Crippen LogP contribution in [-0.4, -0.2) is 46.6 Å². The summed E-state index contributed by atoms with van der Waals surface area (Å²) in [6.07, 6.45) is -4.50. The number of halogens is 3. The van der Waals surface area contributed by atoms with Gasteiger partial charge in [-0.15, -0.1) is 10.2 Å². The normalized spacial score (nSPS) is 11.2. The molecule has 0 bridgehead atoms. The molecule has 0 saturated heterocycles. The van der Waals surface area contributed by atoms with E-state index in [-0.39, 0.29) is 23.9 Å². The van der Waals surface area contributed by atoms with Gasteiger partial charge in [-0.2, -0.15) is 13.2 Å². The first-order valence-corrected chi connectivity index (χ1v) is 11.7. The van der Waals surface area contributed by atoms with E-state index >= 15 is 0 Å². The Morgan fingerprint density at radius 2 is 1.81 bits per heavy atom. The zero-order chi connectivity index (χ0) is 26.3. The number of carbonyl (C=O) groups is 2. The maximum absolute atomic E-state index is 12.9. The van der Waals surface area contributed by atoms with E-state index in [0.717, 1.165) is 23.9 Å². The highest BCUT2D eigenvalue weighted by Gasteiger charge is 2.30. The number of methoxy groups -OCH3 is 2. The zero-order valence-electron chi connectivity index (χ0n) is 19.7. The van der Waals surface area contributed by atoms with Crippen LogP contribution >= 0.6 is 11.8 Å². The Bertz CT molecular complexity index is 1230. The minimum atomic E-state index is -4.50. The summed E-state index contributed by atoms with van der Waals surface area (Å²) in [5, 5.41) is 13.8. The molecule has 2 aromatic carbocycles. The number of thioether (sulfide) groups is 1. The third-order valence-corrected chi connectivity index (χ3v) is 5.94. The molecular weight excluding hydrogens is 499 g/mol. The van der Waals surface area contributed by atoms with Crippen molar-refractivity contribution in [2.45, 2.75) is 31.3 Å². The van der Waals surface area contributed by atoms with Crippen molar-refractivity contribution in [3.05, 3.63) is 59.4 Å². The predicted molar refractivity (Wildman–Crippen MR) is 127 cm³/mol. The summed E-state index contributed by atoms with van der Waals surface area (Å²) in [4.78, 5) is 24.8. The topological polar surface area (TPSA) is 107 Å². The highest BCUT2D eigenvalue weighted by molar-refractivity contribution is 7.99. The summed E-state index contributed by atoms with van der Waals surface area (Å²) in [5.41, 5.74) is -0.430. The third kappa shape index (κ3) is 6.68. The Morgan fingerprint density at radius 1 is 1.06 bits per heavy atom. The van der Waals surface area contributed by atoms with E-state index in [1.54, 1.807) is 22.8 Å². The van der Waals surface area contributed by atoms with E-state index in [9.17, 15) is 22.8 Å². The first-order chi connectivity index (χ1) is 17.2. The summed E-state index contributed by atoms with van der Waals surface area (Å²) < 4.78 is 50.7. The number of carbonyl (C=O) groups excluding carboxylic acids is 2. The lowest BCUT2D eigenvalue weighted by atomic mass is 10.2. The summed E-state index contributed by atoms with van der Waals surface area (Å²) in [5.74, 6) is 0.464. The fourth-order valence-electron chi connectivity index (χ4n) is 3.21. The average Bonchev–Trinajstić information content (AvgIpc) is 3.26. The molecule has 2 amide bonds. The second-order valence-corrected chi connectivity index (χ2v) is 8.25. The van der Waals surface area contributed by atoms with Crippen LogP contribution in [0.4, 0.5) is 18.9 Å². The van der Waals surface area contributed by atoms with Gasteiger partial charge in [0, 0.05) is 17.8 Å². The minimum Gasteiger partial charge on any atom is -0.493 e. The lowest BCUT2D eigenvalue weighted by Crippen LogP contribution is -2.25. The van der Waals surface area contributed by atoms with Gasteiger partial charge in [0.1, 0.15) is 0 Å². The Kier molecular flexibility index (Phi) is 8.80. The van der Waals surface area contributed by atoms with Crippen molar-refractivity contribution in [3.8, 4) is 11.5 Å². The first kappa shape index (κ1) is 26.9. The van der Waals surface area contributed by atoms with Crippen molar-refractivity contribution in [3.63, 3.8) is 0 Å². The number of aromatic nitrogens is 3. The Morgan fingerprint density at radius 3 is 2.47 bits per heavy atom. The van der Waals surface area contributed by atoms with E-state index in [2.05, 4.69) is 20.8 Å². The number of benzene rings is 2. The van der Waals surface area contributed by atoms with Crippen LogP contribution in [0.2, 0.25) is 0 Å². The lowest BCUT2D eigenvalue weighted by Gasteiger charge is -2.11. The molecule has 0 aliphatic heterocycles. The van der Waals surface area contributed by atoms with Crippen LogP contribution in [-0.2, 0) is 24.1 Å². The van der Waals surface area contributed by atoms with Crippen LogP contribution in [0.1, 0.15) is 28.7 Å². The van der Waals surface area contributed by atoms with Crippen LogP contribution in [0.15, 0.2) is 47.6 Å². The number of alkyl halides is 3. The Balaban J connectivity index is 1.59. The molecule has 1 heterocycles. The average molecular weight is 524 g/mol. The van der Waals surface area contributed by atoms with Crippen LogP contribution < -0.4 is 20.1 Å². The molecule has 0 unspecified atom stereocenters. The summed E-state index contributed by atoms with van der Waals surface area (Å²) in [6, 6.07) is 9.19. The van der Waals surface area contributed by atoms with E-state index in [0.29, 0.717) is 34.6 Å². The summed E-state index contributed by atoms with van der Waals surface area (Å²) in [6.45, 7) is 2.42. The van der Waals surface area contributed by atoms with E-state index < -0.39 is 17.6 Å². The van der Waals surface area contributed by atoms with Gasteiger partial charge >= 0.3 is 6.18 Å². The fraction of sp³-hybridized carbons (Fsp3) is 0.304. The number of rotatable bonds is 10. The van der Waals surface area contributed by atoms with Gasteiger partial charge in [-0.25, -0.2) is 0 Å². The zero-order valence-corrected chi connectivity index (χ0v) is 20.5. The van der Waals surface area contributed by atoms with Gasteiger partial charge in [-0.3, -0.25) is 9.59 Å². The van der Waals surface area contributed by atoms with Crippen LogP contribution in [0.3, 0.4) is 0 Å². The molecule has 9 nitrogen and oxygen atoms in total. The predicted octanol–water partition coefficient (Wildman–Crippen LogP) is 3.99. The molecule has 192 valence electrons. The molecule has 0 radical (unpaired) electrons. The monoisotopic (exact) mass is 523 g/mol. The maximum atomic E-state index is 12.9. The molecular formula is C23H24F3N5O4S. The summed E-state index contributed by atoms with van der Waals surface area (Å²) >= 11 is 1.08. The van der Waals surface area contributed by atoms with Gasteiger partial charge in [0.2, 0.25) is 5.91 Å². The second kappa shape index (κ2) is 11.8. The standard InChI is InChI=1S/C23H24F3N5O4S/c1-4-31-19(12-27-21(33)14-8-9-17(34-2)18(10-14)35-3)29-30-22(31)36-13-20(32)28-16-7-5-6-15(11-16)23(24,25)26/h5-11H,4,12-13H2,1-3H3,(H,27,33)(H,28,32). The number of nitrogens with zero attached hydrogens (tertiary/aromatic N) is 3. The highest BCUT2D eigenvalue weighted by atomic mass is 32.2. The van der Waals surface area contributed by atoms with Crippen molar-refractivity contribution < 1.29 is 32.2 Å². The number of hydrogen-bond donors (Lipinski definition) is 2. The van der Waals surface area contributed by atoms with Crippen molar-refractivity contribution >= 4 is 29.3 Å². The molecule has 0 atom stereocenters.